The van der Waals surface area contributed by atoms with Gasteiger partial charge in [0.25, 0.3) is 5.56 Å². The maximum atomic E-state index is 12.6. The summed E-state index contributed by atoms with van der Waals surface area (Å²) in [6, 6.07) is 16.2. The van der Waals surface area contributed by atoms with Crippen molar-refractivity contribution in [3.05, 3.63) is 75.5 Å². The first kappa shape index (κ1) is 19.2. The maximum absolute atomic E-state index is 12.6. The van der Waals surface area contributed by atoms with Gasteiger partial charge in [0.2, 0.25) is 5.91 Å². The SMILES string of the molecule is CSc1nc(-c2ccccc2)cc(=O)n1CC(=O)Nc1ccc(Cl)cc1C. The summed E-state index contributed by atoms with van der Waals surface area (Å²) in [5.74, 6) is -0.299. The Labute approximate surface area is 166 Å². The van der Waals surface area contributed by atoms with Gasteiger partial charge in [0.05, 0.1) is 5.69 Å². The third-order valence-electron chi connectivity index (χ3n) is 3.99. The van der Waals surface area contributed by atoms with Crippen molar-refractivity contribution in [2.45, 2.75) is 18.6 Å². The molecule has 0 bridgehead atoms. The third-order valence-corrected chi connectivity index (χ3v) is 4.90. The number of amides is 1. The maximum Gasteiger partial charge on any atom is 0.255 e. The molecule has 0 unspecified atom stereocenters. The van der Waals surface area contributed by atoms with Gasteiger partial charge in [-0.3, -0.25) is 14.2 Å². The number of nitrogens with one attached hydrogen (secondary N) is 1. The highest BCUT2D eigenvalue weighted by atomic mass is 35.5. The number of anilines is 1. The van der Waals surface area contributed by atoms with E-state index in [0.717, 1.165) is 11.1 Å². The molecule has 3 rings (SSSR count). The van der Waals surface area contributed by atoms with Gasteiger partial charge < -0.3 is 5.32 Å². The van der Waals surface area contributed by atoms with Crippen LogP contribution in [0.15, 0.2) is 64.5 Å². The molecule has 0 fully saturated rings. The van der Waals surface area contributed by atoms with E-state index in [0.29, 0.717) is 21.6 Å². The monoisotopic (exact) mass is 399 g/mol. The number of aryl methyl sites for hydroxylation is 1. The number of hydrogen-bond acceptors (Lipinski definition) is 4. The summed E-state index contributed by atoms with van der Waals surface area (Å²) >= 11 is 7.27. The van der Waals surface area contributed by atoms with Crippen LogP contribution in [0.25, 0.3) is 11.3 Å². The van der Waals surface area contributed by atoms with Crippen LogP contribution in [0, 0.1) is 6.92 Å². The Hall–Kier alpha value is -2.57. The number of carbonyl (C=O) groups is 1. The molecule has 1 amide bonds. The standard InChI is InChI=1S/C20H18ClN3O2S/c1-13-10-15(21)8-9-16(13)22-18(25)12-24-19(26)11-17(23-20(24)27-2)14-6-4-3-5-7-14/h3-11H,12H2,1-2H3,(H,22,25). The van der Waals surface area contributed by atoms with Crippen molar-refractivity contribution in [2.24, 2.45) is 0 Å². The molecule has 0 saturated heterocycles. The van der Waals surface area contributed by atoms with Crippen LogP contribution in [-0.4, -0.2) is 21.7 Å². The van der Waals surface area contributed by atoms with Crippen LogP contribution in [0.2, 0.25) is 5.02 Å². The van der Waals surface area contributed by atoms with E-state index >= 15 is 0 Å². The predicted octanol–water partition coefficient (Wildman–Crippen LogP) is 4.23. The molecule has 1 aromatic heterocycles. The molecular formula is C20H18ClN3O2S. The molecule has 1 N–H and O–H groups in total. The second-order valence-corrected chi connectivity index (χ2v) is 7.14. The van der Waals surface area contributed by atoms with Gasteiger partial charge in [0.15, 0.2) is 5.16 Å². The van der Waals surface area contributed by atoms with Crippen molar-refractivity contribution in [3.8, 4) is 11.3 Å². The highest BCUT2D eigenvalue weighted by Crippen LogP contribution is 2.21. The van der Waals surface area contributed by atoms with Crippen LogP contribution in [0.3, 0.4) is 0 Å². The fourth-order valence-electron chi connectivity index (χ4n) is 2.64. The fraction of sp³-hybridized carbons (Fsp3) is 0.150. The number of carbonyl (C=O) groups excluding carboxylic acids is 1. The lowest BCUT2D eigenvalue weighted by Crippen LogP contribution is -2.29. The fourth-order valence-corrected chi connectivity index (χ4v) is 3.43. The topological polar surface area (TPSA) is 64.0 Å². The molecule has 1 heterocycles. The molecule has 0 atom stereocenters. The highest BCUT2D eigenvalue weighted by Gasteiger charge is 2.13. The van der Waals surface area contributed by atoms with Gasteiger partial charge in [-0.05, 0) is 36.9 Å². The van der Waals surface area contributed by atoms with Crippen molar-refractivity contribution in [1.29, 1.82) is 0 Å². The van der Waals surface area contributed by atoms with Crippen LogP contribution >= 0.6 is 23.4 Å². The molecule has 27 heavy (non-hydrogen) atoms. The molecular weight excluding hydrogens is 382 g/mol. The Bertz CT molecular complexity index is 1040. The Morgan fingerprint density at radius 2 is 1.93 bits per heavy atom. The number of hydrogen-bond donors (Lipinski definition) is 1. The first-order valence-electron chi connectivity index (χ1n) is 8.25. The molecule has 0 radical (unpaired) electrons. The van der Waals surface area contributed by atoms with Crippen molar-refractivity contribution < 1.29 is 4.79 Å². The summed E-state index contributed by atoms with van der Waals surface area (Å²) < 4.78 is 1.37. The first-order valence-corrected chi connectivity index (χ1v) is 9.85. The number of halogens is 1. The number of nitrogens with zero attached hydrogens (tertiary/aromatic N) is 2. The Balaban J connectivity index is 1.86. The van der Waals surface area contributed by atoms with Gasteiger partial charge >= 0.3 is 0 Å². The summed E-state index contributed by atoms with van der Waals surface area (Å²) in [4.78, 5) is 29.6. The zero-order valence-electron chi connectivity index (χ0n) is 14.9. The number of aromatic nitrogens is 2. The summed E-state index contributed by atoms with van der Waals surface area (Å²) in [6.07, 6.45) is 1.83. The predicted molar refractivity (Wildman–Crippen MR) is 111 cm³/mol. The van der Waals surface area contributed by atoms with Gasteiger partial charge in [0.1, 0.15) is 6.54 Å². The van der Waals surface area contributed by atoms with Crippen LogP contribution in [0.5, 0.6) is 0 Å². The molecule has 3 aromatic rings. The molecule has 0 aliphatic carbocycles. The second kappa shape index (κ2) is 8.41. The number of thioether (sulfide) groups is 1. The van der Waals surface area contributed by atoms with Gasteiger partial charge in [-0.1, -0.05) is 53.7 Å². The van der Waals surface area contributed by atoms with Crippen LogP contribution < -0.4 is 10.9 Å². The van der Waals surface area contributed by atoms with Crippen LogP contribution in [0.1, 0.15) is 5.56 Å². The molecule has 138 valence electrons. The zero-order valence-corrected chi connectivity index (χ0v) is 16.5. The minimum absolute atomic E-state index is 0.112. The summed E-state index contributed by atoms with van der Waals surface area (Å²) in [6.45, 7) is 1.75. The van der Waals surface area contributed by atoms with Crippen molar-refractivity contribution >= 4 is 35.0 Å². The number of rotatable bonds is 5. The lowest BCUT2D eigenvalue weighted by molar-refractivity contribution is -0.116. The van der Waals surface area contributed by atoms with E-state index in [1.807, 2.05) is 43.5 Å². The average molecular weight is 400 g/mol. The number of benzene rings is 2. The van der Waals surface area contributed by atoms with Crippen LogP contribution in [0.4, 0.5) is 5.69 Å². The van der Waals surface area contributed by atoms with E-state index < -0.39 is 0 Å². The van der Waals surface area contributed by atoms with Gasteiger partial charge in [-0.25, -0.2) is 4.98 Å². The molecule has 0 aliphatic rings. The Morgan fingerprint density at radius 3 is 2.59 bits per heavy atom. The summed E-state index contributed by atoms with van der Waals surface area (Å²) in [5.41, 5.74) is 2.70. The van der Waals surface area contributed by atoms with Gasteiger partial charge in [-0.15, -0.1) is 0 Å². The highest BCUT2D eigenvalue weighted by molar-refractivity contribution is 7.98. The first-order chi connectivity index (χ1) is 13.0. The van der Waals surface area contributed by atoms with E-state index in [1.54, 1.807) is 18.2 Å². The lowest BCUT2D eigenvalue weighted by Gasteiger charge is -2.13. The second-order valence-electron chi connectivity index (χ2n) is 5.93. The zero-order chi connectivity index (χ0) is 19.4. The van der Waals surface area contributed by atoms with Gasteiger partial charge in [0, 0.05) is 22.3 Å². The van der Waals surface area contributed by atoms with E-state index in [9.17, 15) is 9.59 Å². The normalized spacial score (nSPS) is 10.6. The summed E-state index contributed by atoms with van der Waals surface area (Å²) in [7, 11) is 0. The Morgan fingerprint density at radius 1 is 1.19 bits per heavy atom. The van der Waals surface area contributed by atoms with Gasteiger partial charge in [-0.2, -0.15) is 0 Å². The molecule has 0 saturated carbocycles. The average Bonchev–Trinajstić information content (AvgIpc) is 2.66. The van der Waals surface area contributed by atoms with E-state index in [-0.39, 0.29) is 18.0 Å². The van der Waals surface area contributed by atoms with Crippen LogP contribution in [-0.2, 0) is 11.3 Å². The van der Waals surface area contributed by atoms with E-state index in [2.05, 4.69) is 10.3 Å². The van der Waals surface area contributed by atoms with E-state index in [1.165, 1.54) is 22.4 Å². The molecule has 2 aromatic carbocycles. The van der Waals surface area contributed by atoms with E-state index in [4.69, 9.17) is 11.6 Å². The third kappa shape index (κ3) is 4.59. The molecule has 0 aliphatic heterocycles. The Kier molecular flexibility index (Phi) is 5.98. The quantitative estimate of drug-likeness (QED) is 0.515. The minimum Gasteiger partial charge on any atom is -0.324 e. The largest absolute Gasteiger partial charge is 0.324 e. The van der Waals surface area contributed by atoms with Crippen molar-refractivity contribution in [2.75, 3.05) is 11.6 Å². The molecule has 7 heteroatoms. The smallest absolute Gasteiger partial charge is 0.255 e. The van der Waals surface area contributed by atoms with Crippen molar-refractivity contribution in [1.82, 2.24) is 9.55 Å². The molecule has 5 nitrogen and oxygen atoms in total. The van der Waals surface area contributed by atoms with Crippen molar-refractivity contribution in [3.63, 3.8) is 0 Å². The minimum atomic E-state index is -0.299. The lowest BCUT2D eigenvalue weighted by atomic mass is 10.1. The summed E-state index contributed by atoms with van der Waals surface area (Å²) in [5, 5.41) is 3.91. The molecule has 0 spiro atoms.